The van der Waals surface area contributed by atoms with Crippen molar-refractivity contribution in [3.63, 3.8) is 0 Å². The van der Waals surface area contributed by atoms with E-state index in [1.165, 1.54) is 13.2 Å². The number of methoxy groups -OCH3 is 1. The lowest BCUT2D eigenvalue weighted by atomic mass is 9.93. The fourth-order valence-electron chi connectivity index (χ4n) is 3.08. The van der Waals surface area contributed by atoms with Gasteiger partial charge in [-0.15, -0.1) is 0 Å². The minimum absolute atomic E-state index is 0.0500. The smallest absolute Gasteiger partial charge is 0.225 e. The Labute approximate surface area is 138 Å². The van der Waals surface area contributed by atoms with Gasteiger partial charge in [0, 0.05) is 31.6 Å². The molecule has 1 heterocycles. The van der Waals surface area contributed by atoms with E-state index < -0.39 is 0 Å². The van der Waals surface area contributed by atoms with Crippen LogP contribution in [0, 0.1) is 17.7 Å². The van der Waals surface area contributed by atoms with E-state index >= 15 is 0 Å². The third kappa shape index (κ3) is 4.44. The van der Waals surface area contributed by atoms with Crippen LogP contribution in [0.3, 0.4) is 0 Å². The van der Waals surface area contributed by atoms with E-state index in [1.54, 1.807) is 6.07 Å². The molecule has 1 aromatic rings. The molecule has 0 radical (unpaired) electrons. The summed E-state index contributed by atoms with van der Waals surface area (Å²) in [5.74, 6) is 0.593. The molecule has 128 valence electrons. The summed E-state index contributed by atoms with van der Waals surface area (Å²) in [4.78, 5) is 14.0. The molecule has 2 atom stereocenters. The molecule has 1 saturated heterocycles. The van der Waals surface area contributed by atoms with Crippen LogP contribution in [0.15, 0.2) is 18.2 Å². The number of likely N-dealkylation sites (tertiary alicyclic amines) is 1. The number of ether oxygens (including phenoxy) is 1. The number of piperidine rings is 1. The molecule has 0 saturated carbocycles. The minimum atomic E-state index is -0.336. The van der Waals surface area contributed by atoms with Gasteiger partial charge in [-0.05, 0) is 30.0 Å². The molecule has 1 aliphatic heterocycles. The van der Waals surface area contributed by atoms with Gasteiger partial charge in [-0.2, -0.15) is 0 Å². The monoisotopic (exact) mass is 322 g/mol. The third-order valence-corrected chi connectivity index (χ3v) is 4.50. The number of hydrogen-bond acceptors (Lipinski definition) is 3. The van der Waals surface area contributed by atoms with Crippen molar-refractivity contribution in [3.8, 4) is 5.75 Å². The Morgan fingerprint density at radius 2 is 2.22 bits per heavy atom. The first-order valence-electron chi connectivity index (χ1n) is 8.27. The van der Waals surface area contributed by atoms with Gasteiger partial charge in [-0.25, -0.2) is 4.39 Å². The Morgan fingerprint density at radius 1 is 1.48 bits per heavy atom. The van der Waals surface area contributed by atoms with Crippen LogP contribution in [0.1, 0.15) is 32.8 Å². The lowest BCUT2D eigenvalue weighted by molar-refractivity contribution is -0.136. The molecule has 0 unspecified atom stereocenters. The van der Waals surface area contributed by atoms with Crippen molar-refractivity contribution >= 4 is 5.91 Å². The highest BCUT2D eigenvalue weighted by Gasteiger charge is 2.29. The van der Waals surface area contributed by atoms with Gasteiger partial charge in [-0.1, -0.05) is 26.8 Å². The van der Waals surface area contributed by atoms with Crippen molar-refractivity contribution in [3.05, 3.63) is 29.6 Å². The first-order valence-corrected chi connectivity index (χ1v) is 8.27. The molecule has 4 nitrogen and oxygen atoms in total. The lowest BCUT2D eigenvalue weighted by Gasteiger charge is -2.38. The Bertz CT molecular complexity index is 548. The number of halogens is 1. The standard InChI is InChI=1S/C18H27FN2O2/c1-12(2)18(22)21-8-7-16(13(3)11-21)20-10-14-5-6-17(23-4)15(19)9-14/h5-6,9,12-13,16,20H,7-8,10-11H2,1-4H3/t13-,16-/m1/s1. The van der Waals surface area contributed by atoms with Gasteiger partial charge >= 0.3 is 0 Å². The molecule has 0 bridgehead atoms. The number of carbonyl (C=O) groups excluding carboxylic acids is 1. The highest BCUT2D eigenvalue weighted by atomic mass is 19.1. The van der Waals surface area contributed by atoms with Crippen LogP contribution in [0.4, 0.5) is 4.39 Å². The predicted octanol–water partition coefficient (Wildman–Crippen LogP) is 2.82. The summed E-state index contributed by atoms with van der Waals surface area (Å²) in [6, 6.07) is 5.38. The van der Waals surface area contributed by atoms with Crippen LogP contribution in [-0.2, 0) is 11.3 Å². The van der Waals surface area contributed by atoms with E-state index in [1.807, 2.05) is 24.8 Å². The molecule has 23 heavy (non-hydrogen) atoms. The van der Waals surface area contributed by atoms with Crippen molar-refractivity contribution in [1.82, 2.24) is 10.2 Å². The Balaban J connectivity index is 1.87. The molecule has 1 N–H and O–H groups in total. The Morgan fingerprint density at radius 3 is 2.78 bits per heavy atom. The van der Waals surface area contributed by atoms with Gasteiger partial charge in [0.25, 0.3) is 0 Å². The molecule has 1 amide bonds. The largest absolute Gasteiger partial charge is 0.494 e. The molecular weight excluding hydrogens is 295 g/mol. The lowest BCUT2D eigenvalue weighted by Crippen LogP contribution is -2.50. The summed E-state index contributed by atoms with van der Waals surface area (Å²) in [6.07, 6.45) is 0.929. The van der Waals surface area contributed by atoms with E-state index in [9.17, 15) is 9.18 Å². The van der Waals surface area contributed by atoms with Crippen molar-refractivity contribution < 1.29 is 13.9 Å². The van der Waals surface area contributed by atoms with E-state index in [2.05, 4.69) is 12.2 Å². The summed E-state index contributed by atoms with van der Waals surface area (Å²) in [5, 5.41) is 3.50. The van der Waals surface area contributed by atoms with Crippen molar-refractivity contribution in [1.29, 1.82) is 0 Å². The minimum Gasteiger partial charge on any atom is -0.494 e. The number of nitrogens with one attached hydrogen (secondary N) is 1. The summed E-state index contributed by atoms with van der Waals surface area (Å²) < 4.78 is 18.6. The number of hydrogen-bond donors (Lipinski definition) is 1. The van der Waals surface area contributed by atoms with Gasteiger partial charge in [0.15, 0.2) is 11.6 Å². The highest BCUT2D eigenvalue weighted by molar-refractivity contribution is 5.78. The summed E-state index contributed by atoms with van der Waals surface area (Å²) in [7, 11) is 1.46. The van der Waals surface area contributed by atoms with Gasteiger partial charge < -0.3 is 15.0 Å². The zero-order valence-electron chi connectivity index (χ0n) is 14.4. The molecule has 2 rings (SSSR count). The maximum atomic E-state index is 13.7. The van der Waals surface area contributed by atoms with Crippen molar-refractivity contribution in [2.24, 2.45) is 11.8 Å². The first kappa shape index (κ1) is 17.7. The van der Waals surface area contributed by atoms with Gasteiger partial charge in [0.1, 0.15) is 0 Å². The maximum Gasteiger partial charge on any atom is 0.225 e. The van der Waals surface area contributed by atoms with E-state index in [-0.39, 0.29) is 23.4 Å². The molecule has 0 spiro atoms. The van der Waals surface area contributed by atoms with Gasteiger partial charge in [0.2, 0.25) is 5.91 Å². The summed E-state index contributed by atoms with van der Waals surface area (Å²) in [6.45, 7) is 8.23. The fourth-order valence-corrected chi connectivity index (χ4v) is 3.08. The molecule has 1 aromatic carbocycles. The summed E-state index contributed by atoms with van der Waals surface area (Å²) >= 11 is 0. The molecule has 1 fully saturated rings. The van der Waals surface area contributed by atoms with E-state index in [0.717, 1.165) is 25.1 Å². The number of nitrogens with zero attached hydrogens (tertiary/aromatic N) is 1. The average Bonchev–Trinajstić information content (AvgIpc) is 2.53. The second-order valence-electron chi connectivity index (χ2n) is 6.66. The van der Waals surface area contributed by atoms with Gasteiger partial charge in [-0.3, -0.25) is 4.79 Å². The quantitative estimate of drug-likeness (QED) is 0.906. The molecule has 0 aliphatic carbocycles. The van der Waals surface area contributed by atoms with Crippen LogP contribution in [0.25, 0.3) is 0 Å². The highest BCUT2D eigenvalue weighted by Crippen LogP contribution is 2.21. The second kappa shape index (κ2) is 7.77. The molecule has 1 aliphatic rings. The second-order valence-corrected chi connectivity index (χ2v) is 6.66. The van der Waals surface area contributed by atoms with E-state index in [4.69, 9.17) is 4.74 Å². The van der Waals surface area contributed by atoms with Crippen molar-refractivity contribution in [2.45, 2.75) is 39.8 Å². The third-order valence-electron chi connectivity index (χ3n) is 4.50. The first-order chi connectivity index (χ1) is 10.9. The number of benzene rings is 1. The normalized spacial score (nSPS) is 21.6. The maximum absolute atomic E-state index is 13.7. The van der Waals surface area contributed by atoms with Crippen LogP contribution >= 0.6 is 0 Å². The molecule has 0 aromatic heterocycles. The SMILES string of the molecule is COc1ccc(CN[C@@H]2CCN(C(=O)C(C)C)C[C@H]2C)cc1F. The van der Waals surface area contributed by atoms with Crippen molar-refractivity contribution in [2.75, 3.05) is 20.2 Å². The van der Waals surface area contributed by atoms with Gasteiger partial charge in [0.05, 0.1) is 7.11 Å². The van der Waals surface area contributed by atoms with Crippen LogP contribution < -0.4 is 10.1 Å². The average molecular weight is 322 g/mol. The molecular formula is C18H27FN2O2. The molecule has 5 heteroatoms. The summed E-state index contributed by atoms with van der Waals surface area (Å²) in [5.41, 5.74) is 0.899. The van der Waals surface area contributed by atoms with Crippen LogP contribution in [0.5, 0.6) is 5.75 Å². The van der Waals surface area contributed by atoms with Crippen LogP contribution in [-0.4, -0.2) is 37.0 Å². The number of carbonyl (C=O) groups is 1. The number of amides is 1. The predicted molar refractivity (Wildman–Crippen MR) is 88.8 cm³/mol. The van der Waals surface area contributed by atoms with Crippen LogP contribution in [0.2, 0.25) is 0 Å². The zero-order chi connectivity index (χ0) is 17.0. The zero-order valence-corrected chi connectivity index (χ0v) is 14.4. The Hall–Kier alpha value is -1.62. The van der Waals surface area contributed by atoms with E-state index in [0.29, 0.717) is 18.5 Å². The number of rotatable bonds is 5. The fraction of sp³-hybridized carbons (Fsp3) is 0.611. The Kier molecular flexibility index (Phi) is 5.99. The topological polar surface area (TPSA) is 41.6 Å².